The van der Waals surface area contributed by atoms with Gasteiger partial charge in [-0.15, -0.1) is 0 Å². The second kappa shape index (κ2) is 3.91. The van der Waals surface area contributed by atoms with Gasteiger partial charge >= 0.3 is 0 Å². The Morgan fingerprint density at radius 3 is 3.13 bits per heavy atom. The number of hydrogen-bond acceptors (Lipinski definition) is 2. The Morgan fingerprint density at radius 1 is 1.47 bits per heavy atom. The number of fused-ring (bicyclic) bond motifs is 1. The van der Waals surface area contributed by atoms with E-state index in [1.165, 1.54) is 19.3 Å². The first-order valence-corrected chi connectivity index (χ1v) is 6.35. The Balaban J connectivity index is 1.50. The zero-order chi connectivity index (χ0) is 10.3. The monoisotopic (exact) mass is 207 g/mol. The molecule has 0 aromatic carbocycles. The molecule has 1 heterocycles. The maximum atomic E-state index is 5.44. The van der Waals surface area contributed by atoms with E-state index in [0.717, 1.165) is 37.0 Å². The van der Waals surface area contributed by atoms with Crippen LogP contribution in [0, 0.1) is 17.8 Å². The molecule has 3 aliphatic rings. The first-order valence-electron chi connectivity index (χ1n) is 6.35. The van der Waals surface area contributed by atoms with Gasteiger partial charge in [-0.25, -0.2) is 0 Å². The lowest BCUT2D eigenvalue weighted by molar-refractivity contribution is 0.131. The Labute approximate surface area is 92.1 Å². The second-order valence-electron chi connectivity index (χ2n) is 5.42. The van der Waals surface area contributed by atoms with Gasteiger partial charge in [-0.1, -0.05) is 12.2 Å². The molecule has 2 aliphatic carbocycles. The summed E-state index contributed by atoms with van der Waals surface area (Å²) in [4.78, 5) is 0. The highest BCUT2D eigenvalue weighted by atomic mass is 16.5. The summed E-state index contributed by atoms with van der Waals surface area (Å²) in [7, 11) is 0. The van der Waals surface area contributed by atoms with E-state index in [1.807, 2.05) is 0 Å². The van der Waals surface area contributed by atoms with Gasteiger partial charge in [0.1, 0.15) is 0 Å². The molecule has 1 saturated carbocycles. The van der Waals surface area contributed by atoms with Crippen LogP contribution in [0.15, 0.2) is 12.2 Å². The average molecular weight is 207 g/mol. The summed E-state index contributed by atoms with van der Waals surface area (Å²) in [5.74, 6) is 2.55. The van der Waals surface area contributed by atoms with E-state index in [4.69, 9.17) is 4.74 Å². The summed E-state index contributed by atoms with van der Waals surface area (Å²) in [5.41, 5.74) is 0. The molecule has 0 spiro atoms. The Kier molecular flexibility index (Phi) is 2.57. The molecule has 15 heavy (non-hydrogen) atoms. The molecule has 0 bridgehead atoms. The van der Waals surface area contributed by atoms with Crippen LogP contribution in [0.25, 0.3) is 0 Å². The minimum Gasteiger partial charge on any atom is -0.381 e. The number of nitrogens with one attached hydrogen (secondary N) is 1. The molecule has 5 atom stereocenters. The maximum Gasteiger partial charge on any atom is 0.0509 e. The van der Waals surface area contributed by atoms with Gasteiger partial charge in [0.2, 0.25) is 0 Å². The van der Waals surface area contributed by atoms with Crippen LogP contribution in [-0.4, -0.2) is 25.3 Å². The van der Waals surface area contributed by atoms with Crippen molar-refractivity contribution in [2.45, 2.75) is 38.3 Å². The average Bonchev–Trinajstić information content (AvgIpc) is 2.82. The predicted molar refractivity (Wildman–Crippen MR) is 60.7 cm³/mol. The van der Waals surface area contributed by atoms with Crippen LogP contribution in [0.4, 0.5) is 0 Å². The molecule has 1 aliphatic heterocycles. The largest absolute Gasteiger partial charge is 0.381 e. The van der Waals surface area contributed by atoms with Gasteiger partial charge in [-0.3, -0.25) is 0 Å². The molecule has 1 saturated heterocycles. The van der Waals surface area contributed by atoms with Crippen LogP contribution in [0.1, 0.15) is 26.2 Å². The number of ether oxygens (including phenoxy) is 1. The van der Waals surface area contributed by atoms with Crippen molar-refractivity contribution in [3.63, 3.8) is 0 Å². The SMILES string of the molecule is CC(NC1CC2CC=CC21)C1CCOC1. The van der Waals surface area contributed by atoms with Crippen molar-refractivity contribution >= 4 is 0 Å². The van der Waals surface area contributed by atoms with Crippen molar-refractivity contribution < 1.29 is 4.74 Å². The third-order valence-corrected chi connectivity index (χ3v) is 4.51. The first-order chi connectivity index (χ1) is 7.34. The molecule has 2 nitrogen and oxygen atoms in total. The lowest BCUT2D eigenvalue weighted by Crippen LogP contribution is -2.52. The summed E-state index contributed by atoms with van der Waals surface area (Å²) < 4.78 is 5.44. The minimum atomic E-state index is 0.632. The van der Waals surface area contributed by atoms with Gasteiger partial charge in [0.05, 0.1) is 6.61 Å². The molecule has 5 unspecified atom stereocenters. The van der Waals surface area contributed by atoms with E-state index >= 15 is 0 Å². The second-order valence-corrected chi connectivity index (χ2v) is 5.42. The van der Waals surface area contributed by atoms with Crippen LogP contribution in [0.2, 0.25) is 0 Å². The van der Waals surface area contributed by atoms with E-state index in [0.29, 0.717) is 6.04 Å². The lowest BCUT2D eigenvalue weighted by atomic mass is 9.71. The summed E-state index contributed by atoms with van der Waals surface area (Å²) >= 11 is 0. The number of rotatable bonds is 3. The van der Waals surface area contributed by atoms with E-state index < -0.39 is 0 Å². The van der Waals surface area contributed by atoms with Gasteiger partial charge in [-0.05, 0) is 43.9 Å². The molecule has 3 rings (SSSR count). The molecule has 1 N–H and O–H groups in total. The van der Waals surface area contributed by atoms with Crippen LogP contribution in [0.5, 0.6) is 0 Å². The normalized spacial score (nSPS) is 45.1. The standard InChI is InChI=1S/C13H21NO/c1-9(11-5-6-15-8-11)14-13-7-10-3-2-4-12(10)13/h2,4,9-14H,3,5-8H2,1H3. The fraction of sp³-hybridized carbons (Fsp3) is 0.846. The molecule has 2 fully saturated rings. The summed E-state index contributed by atoms with van der Waals surface area (Å²) in [6.07, 6.45) is 8.73. The predicted octanol–water partition coefficient (Wildman–Crippen LogP) is 1.97. The third kappa shape index (κ3) is 1.74. The number of allylic oxidation sites excluding steroid dienone is 1. The summed E-state index contributed by atoms with van der Waals surface area (Å²) in [5, 5.41) is 3.80. The zero-order valence-corrected chi connectivity index (χ0v) is 9.49. The van der Waals surface area contributed by atoms with Crippen molar-refractivity contribution in [3.05, 3.63) is 12.2 Å². The van der Waals surface area contributed by atoms with E-state index in [-0.39, 0.29) is 0 Å². The Hall–Kier alpha value is -0.340. The fourth-order valence-corrected chi connectivity index (χ4v) is 3.33. The topological polar surface area (TPSA) is 21.3 Å². The van der Waals surface area contributed by atoms with Gasteiger partial charge < -0.3 is 10.1 Å². The van der Waals surface area contributed by atoms with Crippen molar-refractivity contribution in [1.82, 2.24) is 5.32 Å². The molecule has 0 aromatic heterocycles. The lowest BCUT2D eigenvalue weighted by Gasteiger charge is -2.43. The smallest absolute Gasteiger partial charge is 0.0509 e. The molecule has 0 radical (unpaired) electrons. The summed E-state index contributed by atoms with van der Waals surface area (Å²) in [6.45, 7) is 4.25. The van der Waals surface area contributed by atoms with Crippen LogP contribution in [0.3, 0.4) is 0 Å². The van der Waals surface area contributed by atoms with E-state index in [2.05, 4.69) is 24.4 Å². The third-order valence-electron chi connectivity index (χ3n) is 4.51. The van der Waals surface area contributed by atoms with Crippen molar-refractivity contribution in [2.24, 2.45) is 17.8 Å². The molecule has 0 aromatic rings. The van der Waals surface area contributed by atoms with E-state index in [9.17, 15) is 0 Å². The van der Waals surface area contributed by atoms with Gasteiger partial charge in [-0.2, -0.15) is 0 Å². The molecule has 84 valence electrons. The van der Waals surface area contributed by atoms with Crippen molar-refractivity contribution in [2.75, 3.05) is 13.2 Å². The fourth-order valence-electron chi connectivity index (χ4n) is 3.33. The van der Waals surface area contributed by atoms with Crippen LogP contribution >= 0.6 is 0 Å². The highest BCUT2D eigenvalue weighted by Gasteiger charge is 2.41. The van der Waals surface area contributed by atoms with E-state index in [1.54, 1.807) is 0 Å². The first kappa shape index (κ1) is 9.86. The highest BCUT2D eigenvalue weighted by Crippen LogP contribution is 2.43. The molecular formula is C13H21NO. The van der Waals surface area contributed by atoms with Gasteiger partial charge in [0, 0.05) is 18.7 Å². The van der Waals surface area contributed by atoms with Crippen LogP contribution in [-0.2, 0) is 4.74 Å². The minimum absolute atomic E-state index is 0.632. The molecule has 0 amide bonds. The molecular weight excluding hydrogens is 186 g/mol. The quantitative estimate of drug-likeness (QED) is 0.714. The number of hydrogen-bond donors (Lipinski definition) is 1. The van der Waals surface area contributed by atoms with Gasteiger partial charge in [0.15, 0.2) is 0 Å². The van der Waals surface area contributed by atoms with Crippen LogP contribution < -0.4 is 5.32 Å². The van der Waals surface area contributed by atoms with Crippen molar-refractivity contribution in [3.8, 4) is 0 Å². The molecule has 2 heteroatoms. The Bertz CT molecular complexity index is 257. The summed E-state index contributed by atoms with van der Waals surface area (Å²) in [6, 6.07) is 1.39. The van der Waals surface area contributed by atoms with Crippen molar-refractivity contribution in [1.29, 1.82) is 0 Å². The zero-order valence-electron chi connectivity index (χ0n) is 9.49. The highest BCUT2D eigenvalue weighted by molar-refractivity contribution is 5.13. The Morgan fingerprint density at radius 2 is 2.40 bits per heavy atom. The maximum absolute atomic E-state index is 5.44. The van der Waals surface area contributed by atoms with Gasteiger partial charge in [0.25, 0.3) is 0 Å².